The Morgan fingerprint density at radius 2 is 2.03 bits per heavy atom. The van der Waals surface area contributed by atoms with E-state index in [1.807, 2.05) is 6.92 Å². The molecule has 5 atom stereocenters. The number of nitrogens with one attached hydrogen (secondary N) is 1. The van der Waals surface area contributed by atoms with Crippen LogP contribution >= 0.6 is 24.0 Å². The van der Waals surface area contributed by atoms with Gasteiger partial charge in [0, 0.05) is 28.8 Å². The van der Waals surface area contributed by atoms with E-state index < -0.39 is 30.8 Å². The van der Waals surface area contributed by atoms with Crippen LogP contribution in [0.15, 0.2) is 10.6 Å². The highest BCUT2D eigenvalue weighted by Crippen LogP contribution is 2.51. The number of thiocarbonyl (C=S) groups is 1. The summed E-state index contributed by atoms with van der Waals surface area (Å²) >= 11 is 6.87. The van der Waals surface area contributed by atoms with E-state index in [-0.39, 0.29) is 34.7 Å². The normalized spacial score (nSPS) is 29.8. The molecule has 160 valence electrons. The number of carbonyl (C=O) groups excluding carboxylic acids is 3. The quantitative estimate of drug-likeness (QED) is 0.257. The van der Waals surface area contributed by atoms with Crippen molar-refractivity contribution in [3.63, 3.8) is 0 Å². The summed E-state index contributed by atoms with van der Waals surface area (Å²) in [6.07, 6.45) is -0.811. The smallest absolute Gasteiger partial charge is 0.358 e. The Bertz CT molecular complexity index is 766. The highest BCUT2D eigenvalue weighted by molar-refractivity contribution is 8.05. The van der Waals surface area contributed by atoms with Gasteiger partial charge in [-0.05, 0) is 6.92 Å². The number of hydrogen-bond donors (Lipinski definition) is 2. The number of aliphatic hydroxyl groups is 1. The molecule has 3 aliphatic rings. The number of hydrogen-bond acceptors (Lipinski definition) is 9. The van der Waals surface area contributed by atoms with E-state index in [1.54, 1.807) is 20.8 Å². The zero-order valence-corrected chi connectivity index (χ0v) is 18.5. The number of rotatable bonds is 7. The standard InChI is InChI=1S/C19H26N2O6S2/c1-8(2)18(24)26-7-27-19(25)15-16(29-12-6-20-5-11(12)28)9(3)14-13(10(4)22)17(23)21(14)15/h8-10,12-14,20,22H,5-7H2,1-4H3/t9-,10-,12-,13-,14-/m1/s1. The minimum atomic E-state index is -0.811. The number of amides is 1. The molecule has 0 radical (unpaired) electrons. The first-order chi connectivity index (χ1) is 13.6. The highest BCUT2D eigenvalue weighted by Gasteiger charge is 2.60. The lowest BCUT2D eigenvalue weighted by Gasteiger charge is -2.46. The fourth-order valence-corrected chi connectivity index (χ4v) is 5.56. The van der Waals surface area contributed by atoms with Crippen molar-refractivity contribution in [1.82, 2.24) is 10.2 Å². The lowest BCUT2D eigenvalue weighted by molar-refractivity contribution is -0.173. The van der Waals surface area contributed by atoms with Gasteiger partial charge < -0.3 is 24.8 Å². The van der Waals surface area contributed by atoms with E-state index in [4.69, 9.17) is 21.7 Å². The third-order valence-electron chi connectivity index (χ3n) is 5.42. The molecule has 0 aromatic rings. The van der Waals surface area contributed by atoms with Crippen LogP contribution in [0, 0.1) is 17.8 Å². The second-order valence-electron chi connectivity index (χ2n) is 7.84. The van der Waals surface area contributed by atoms with Crippen molar-refractivity contribution in [2.24, 2.45) is 17.8 Å². The molecular weight excluding hydrogens is 416 g/mol. The number of thioether (sulfide) groups is 1. The Morgan fingerprint density at radius 3 is 2.59 bits per heavy atom. The van der Waals surface area contributed by atoms with Crippen LogP contribution in [0.4, 0.5) is 0 Å². The monoisotopic (exact) mass is 442 g/mol. The van der Waals surface area contributed by atoms with E-state index in [9.17, 15) is 19.5 Å². The second kappa shape index (κ2) is 8.71. The van der Waals surface area contributed by atoms with Crippen molar-refractivity contribution in [3.05, 3.63) is 10.6 Å². The van der Waals surface area contributed by atoms with Gasteiger partial charge in [0.1, 0.15) is 5.70 Å². The molecule has 1 amide bonds. The lowest BCUT2D eigenvalue weighted by Crippen LogP contribution is -2.63. The molecule has 3 rings (SSSR count). The van der Waals surface area contributed by atoms with Crippen molar-refractivity contribution in [2.45, 2.75) is 45.1 Å². The third kappa shape index (κ3) is 4.08. The summed E-state index contributed by atoms with van der Waals surface area (Å²) in [6.45, 7) is 7.69. The summed E-state index contributed by atoms with van der Waals surface area (Å²) in [5, 5.41) is 13.2. The van der Waals surface area contributed by atoms with Crippen molar-refractivity contribution in [2.75, 3.05) is 19.9 Å². The van der Waals surface area contributed by atoms with Crippen molar-refractivity contribution in [1.29, 1.82) is 0 Å². The van der Waals surface area contributed by atoms with Gasteiger partial charge in [-0.3, -0.25) is 9.59 Å². The summed E-state index contributed by atoms with van der Waals surface area (Å²) in [4.78, 5) is 40.1. The lowest BCUT2D eigenvalue weighted by atomic mass is 9.79. The fourth-order valence-electron chi connectivity index (χ4n) is 3.86. The fraction of sp³-hybridized carbons (Fsp3) is 0.684. The van der Waals surface area contributed by atoms with Gasteiger partial charge in [0.2, 0.25) is 12.7 Å². The minimum absolute atomic E-state index is 0.0165. The van der Waals surface area contributed by atoms with E-state index >= 15 is 0 Å². The topological polar surface area (TPSA) is 105 Å². The Balaban J connectivity index is 1.81. The molecule has 2 fully saturated rings. The molecule has 0 unspecified atom stereocenters. The summed E-state index contributed by atoms with van der Waals surface area (Å²) in [5.74, 6) is -2.52. The molecule has 3 aliphatic heterocycles. The van der Waals surface area contributed by atoms with Gasteiger partial charge in [0.25, 0.3) is 0 Å². The van der Waals surface area contributed by atoms with Crippen LogP contribution in [0.5, 0.6) is 0 Å². The zero-order valence-electron chi connectivity index (χ0n) is 16.8. The molecule has 2 saturated heterocycles. The molecule has 0 aromatic heterocycles. The molecule has 29 heavy (non-hydrogen) atoms. The van der Waals surface area contributed by atoms with E-state index in [0.717, 1.165) is 9.77 Å². The number of aliphatic hydroxyl groups excluding tert-OH is 1. The van der Waals surface area contributed by atoms with Crippen molar-refractivity contribution < 1.29 is 29.0 Å². The maximum atomic E-state index is 12.8. The molecule has 0 bridgehead atoms. The van der Waals surface area contributed by atoms with Crippen LogP contribution in [0.1, 0.15) is 27.7 Å². The highest BCUT2D eigenvalue weighted by atomic mass is 32.2. The Labute approximate surface area is 179 Å². The summed E-state index contributed by atoms with van der Waals surface area (Å²) in [5.41, 5.74) is 0.171. The largest absolute Gasteiger partial charge is 0.428 e. The summed E-state index contributed by atoms with van der Waals surface area (Å²) in [6, 6.07) is -0.298. The van der Waals surface area contributed by atoms with Gasteiger partial charge >= 0.3 is 11.9 Å². The number of β-lactam (4-membered cyclic amide) rings is 1. The maximum Gasteiger partial charge on any atom is 0.358 e. The van der Waals surface area contributed by atoms with Crippen LogP contribution in [-0.2, 0) is 23.9 Å². The van der Waals surface area contributed by atoms with Gasteiger partial charge in [0.15, 0.2) is 0 Å². The van der Waals surface area contributed by atoms with Crippen molar-refractivity contribution >= 4 is 46.7 Å². The van der Waals surface area contributed by atoms with Crippen LogP contribution in [0.25, 0.3) is 0 Å². The first-order valence-electron chi connectivity index (χ1n) is 9.64. The minimum Gasteiger partial charge on any atom is -0.428 e. The number of nitrogens with zero attached hydrogens (tertiary/aromatic N) is 1. The molecule has 0 aliphatic carbocycles. The maximum absolute atomic E-state index is 12.8. The first kappa shape index (κ1) is 22.2. The number of esters is 2. The van der Waals surface area contributed by atoms with Gasteiger partial charge in [-0.15, -0.1) is 11.8 Å². The average molecular weight is 443 g/mol. The number of ether oxygens (including phenoxy) is 2. The van der Waals surface area contributed by atoms with Crippen LogP contribution < -0.4 is 5.32 Å². The second-order valence-corrected chi connectivity index (χ2v) is 9.61. The van der Waals surface area contributed by atoms with Crippen LogP contribution in [0.3, 0.4) is 0 Å². The Morgan fingerprint density at radius 1 is 1.34 bits per heavy atom. The van der Waals surface area contributed by atoms with Gasteiger partial charge in [0.05, 0.1) is 29.2 Å². The van der Waals surface area contributed by atoms with E-state index in [0.29, 0.717) is 13.1 Å². The molecule has 0 aromatic carbocycles. The van der Waals surface area contributed by atoms with Crippen molar-refractivity contribution in [3.8, 4) is 0 Å². The molecule has 8 nitrogen and oxygen atoms in total. The van der Waals surface area contributed by atoms with E-state index in [1.165, 1.54) is 16.7 Å². The van der Waals surface area contributed by atoms with Gasteiger partial charge in [-0.25, -0.2) is 4.79 Å². The molecule has 0 saturated carbocycles. The SMILES string of the molecule is CC(C)C(=O)OCOC(=O)C1=C(S[C@@H]2CNCC2=S)[C@H](C)[C@@H]2[C@@H]([C@@H](C)O)C(=O)N12. The predicted molar refractivity (Wildman–Crippen MR) is 111 cm³/mol. The zero-order chi connectivity index (χ0) is 21.5. The molecule has 2 N–H and O–H groups in total. The Hall–Kier alpha value is -1.49. The number of fused-ring (bicyclic) bond motifs is 1. The van der Waals surface area contributed by atoms with E-state index in [2.05, 4.69) is 5.32 Å². The third-order valence-corrected chi connectivity index (χ3v) is 7.55. The number of carbonyl (C=O) groups is 3. The summed E-state index contributed by atoms with van der Waals surface area (Å²) in [7, 11) is 0. The average Bonchev–Trinajstić information content (AvgIpc) is 3.15. The van der Waals surface area contributed by atoms with Crippen LogP contribution in [-0.4, -0.2) is 70.0 Å². The predicted octanol–water partition coefficient (Wildman–Crippen LogP) is 0.830. The van der Waals surface area contributed by atoms with Gasteiger partial charge in [-0.2, -0.15) is 0 Å². The van der Waals surface area contributed by atoms with Crippen LogP contribution in [0.2, 0.25) is 0 Å². The summed E-state index contributed by atoms with van der Waals surface area (Å²) < 4.78 is 10.1. The Kier molecular flexibility index (Phi) is 6.67. The molecule has 0 spiro atoms. The first-order valence-corrected chi connectivity index (χ1v) is 10.9. The van der Waals surface area contributed by atoms with Gasteiger partial charge in [-0.1, -0.05) is 33.0 Å². The molecule has 10 heteroatoms. The molecule has 3 heterocycles. The molecular formula is C19H26N2O6S2.